The second-order valence-electron chi connectivity index (χ2n) is 3.15. The topological polar surface area (TPSA) is 99.4 Å². The first-order valence-corrected chi connectivity index (χ1v) is 4.54. The standard InChI is InChI=1S/C8H16O6/c1-2-13-8-7(12)6(11)5(10)4(3-9)14-8/h4-12H,2-3H2,1H3/t4-,5-,6-,7+,8?/m1/s1. The van der Waals surface area contributed by atoms with Crippen LogP contribution in [-0.4, -0.2) is 64.3 Å². The lowest BCUT2D eigenvalue weighted by atomic mass is 9.99. The molecule has 1 unspecified atom stereocenters. The average Bonchev–Trinajstić information content (AvgIpc) is 2.19. The second-order valence-corrected chi connectivity index (χ2v) is 3.15. The van der Waals surface area contributed by atoms with Crippen LogP contribution in [0.2, 0.25) is 0 Å². The fourth-order valence-electron chi connectivity index (χ4n) is 1.37. The van der Waals surface area contributed by atoms with E-state index in [4.69, 9.17) is 14.6 Å². The average molecular weight is 208 g/mol. The highest BCUT2D eigenvalue weighted by atomic mass is 16.7. The zero-order valence-corrected chi connectivity index (χ0v) is 7.91. The highest BCUT2D eigenvalue weighted by Crippen LogP contribution is 2.21. The molecule has 0 aromatic carbocycles. The molecule has 14 heavy (non-hydrogen) atoms. The van der Waals surface area contributed by atoms with Crippen LogP contribution in [0, 0.1) is 0 Å². The van der Waals surface area contributed by atoms with Gasteiger partial charge in [-0.15, -0.1) is 0 Å². The lowest BCUT2D eigenvalue weighted by molar-refractivity contribution is -0.300. The summed E-state index contributed by atoms with van der Waals surface area (Å²) in [6.45, 7) is 1.58. The van der Waals surface area contributed by atoms with Crippen molar-refractivity contribution in [3.05, 3.63) is 0 Å². The largest absolute Gasteiger partial charge is 0.394 e. The summed E-state index contributed by atoms with van der Waals surface area (Å²) in [6.07, 6.45) is -5.89. The zero-order chi connectivity index (χ0) is 10.7. The number of hydrogen-bond acceptors (Lipinski definition) is 6. The molecule has 0 radical (unpaired) electrons. The van der Waals surface area contributed by atoms with E-state index >= 15 is 0 Å². The number of ether oxygens (including phenoxy) is 2. The fourth-order valence-corrected chi connectivity index (χ4v) is 1.37. The predicted octanol–water partition coefficient (Wildman–Crippen LogP) is -2.18. The van der Waals surface area contributed by atoms with E-state index < -0.39 is 37.3 Å². The summed E-state index contributed by atoms with van der Waals surface area (Å²) in [7, 11) is 0. The van der Waals surface area contributed by atoms with Crippen molar-refractivity contribution >= 4 is 0 Å². The van der Waals surface area contributed by atoms with E-state index in [-0.39, 0.29) is 0 Å². The highest BCUT2D eigenvalue weighted by molar-refractivity contribution is 4.88. The summed E-state index contributed by atoms with van der Waals surface area (Å²) in [5, 5.41) is 36.9. The molecule has 1 rings (SSSR count). The van der Waals surface area contributed by atoms with Gasteiger partial charge in [-0.3, -0.25) is 0 Å². The van der Waals surface area contributed by atoms with Crippen molar-refractivity contribution in [2.24, 2.45) is 0 Å². The maximum absolute atomic E-state index is 9.41. The Hall–Kier alpha value is -0.240. The molecule has 4 N–H and O–H groups in total. The minimum atomic E-state index is -1.36. The van der Waals surface area contributed by atoms with Crippen LogP contribution in [0.4, 0.5) is 0 Å². The van der Waals surface area contributed by atoms with Crippen LogP contribution >= 0.6 is 0 Å². The Balaban J connectivity index is 2.63. The molecule has 0 aromatic heterocycles. The van der Waals surface area contributed by atoms with Gasteiger partial charge in [-0.05, 0) is 6.92 Å². The molecule has 84 valence electrons. The van der Waals surface area contributed by atoms with E-state index in [9.17, 15) is 15.3 Å². The van der Waals surface area contributed by atoms with Gasteiger partial charge >= 0.3 is 0 Å². The van der Waals surface area contributed by atoms with Gasteiger partial charge < -0.3 is 29.9 Å². The molecule has 0 aliphatic carbocycles. The van der Waals surface area contributed by atoms with Crippen LogP contribution in [0.3, 0.4) is 0 Å². The van der Waals surface area contributed by atoms with E-state index in [1.807, 2.05) is 0 Å². The minimum absolute atomic E-state index is 0.308. The lowest BCUT2D eigenvalue weighted by Gasteiger charge is -2.39. The maximum atomic E-state index is 9.41. The lowest BCUT2D eigenvalue weighted by Crippen LogP contribution is -2.59. The Morgan fingerprint density at radius 2 is 1.79 bits per heavy atom. The smallest absolute Gasteiger partial charge is 0.186 e. The first kappa shape index (κ1) is 11.8. The number of aliphatic hydroxyl groups excluding tert-OH is 4. The molecule has 0 saturated carbocycles. The van der Waals surface area contributed by atoms with Crippen LogP contribution in [0.15, 0.2) is 0 Å². The molecule has 0 aromatic rings. The third-order valence-corrected chi connectivity index (χ3v) is 2.18. The zero-order valence-electron chi connectivity index (χ0n) is 7.91. The fraction of sp³-hybridized carbons (Fsp3) is 1.00. The molecule has 1 fully saturated rings. The van der Waals surface area contributed by atoms with E-state index in [2.05, 4.69) is 0 Å². The van der Waals surface area contributed by atoms with E-state index in [0.29, 0.717) is 6.61 Å². The molecule has 1 heterocycles. The van der Waals surface area contributed by atoms with E-state index in [1.165, 1.54) is 0 Å². The maximum Gasteiger partial charge on any atom is 0.186 e. The van der Waals surface area contributed by atoms with Crippen molar-refractivity contribution < 1.29 is 29.9 Å². The van der Waals surface area contributed by atoms with Gasteiger partial charge in [0.25, 0.3) is 0 Å². The van der Waals surface area contributed by atoms with Crippen molar-refractivity contribution in [3.8, 4) is 0 Å². The van der Waals surface area contributed by atoms with Crippen LogP contribution in [-0.2, 0) is 9.47 Å². The van der Waals surface area contributed by atoms with Gasteiger partial charge in [-0.25, -0.2) is 0 Å². The Morgan fingerprint density at radius 3 is 2.29 bits per heavy atom. The van der Waals surface area contributed by atoms with Crippen LogP contribution < -0.4 is 0 Å². The van der Waals surface area contributed by atoms with Crippen LogP contribution in [0.1, 0.15) is 6.92 Å². The van der Waals surface area contributed by atoms with Crippen LogP contribution in [0.5, 0.6) is 0 Å². The molecular formula is C8H16O6. The van der Waals surface area contributed by atoms with Crippen molar-refractivity contribution in [1.82, 2.24) is 0 Å². The van der Waals surface area contributed by atoms with Gasteiger partial charge in [0.15, 0.2) is 6.29 Å². The Labute approximate surface area is 81.7 Å². The summed E-state index contributed by atoms with van der Waals surface area (Å²) < 4.78 is 10.0. The van der Waals surface area contributed by atoms with Crippen molar-refractivity contribution in [1.29, 1.82) is 0 Å². The molecule has 1 saturated heterocycles. The van der Waals surface area contributed by atoms with Crippen molar-refractivity contribution in [2.75, 3.05) is 13.2 Å². The quantitative estimate of drug-likeness (QED) is 0.421. The third kappa shape index (κ3) is 2.22. The van der Waals surface area contributed by atoms with Gasteiger partial charge in [-0.1, -0.05) is 0 Å². The molecule has 0 bridgehead atoms. The first-order valence-electron chi connectivity index (χ1n) is 4.54. The normalized spacial score (nSPS) is 43.9. The Morgan fingerprint density at radius 1 is 1.14 bits per heavy atom. The summed E-state index contributed by atoms with van der Waals surface area (Å²) in [5.41, 5.74) is 0. The summed E-state index contributed by atoms with van der Waals surface area (Å²) in [6, 6.07) is 0. The van der Waals surface area contributed by atoms with Gasteiger partial charge in [0.05, 0.1) is 6.61 Å². The van der Waals surface area contributed by atoms with Gasteiger partial charge in [0.2, 0.25) is 0 Å². The molecule has 6 nitrogen and oxygen atoms in total. The predicted molar refractivity (Wildman–Crippen MR) is 45.4 cm³/mol. The van der Waals surface area contributed by atoms with Gasteiger partial charge in [0.1, 0.15) is 24.4 Å². The molecule has 5 atom stereocenters. The molecule has 1 aliphatic heterocycles. The number of rotatable bonds is 3. The Kier molecular flexibility index (Phi) is 4.24. The SMILES string of the molecule is CCOC1O[C@H](CO)[C@@H](O)[C@@H](O)[C@@H]1O. The second kappa shape index (κ2) is 5.01. The van der Waals surface area contributed by atoms with Crippen LogP contribution in [0.25, 0.3) is 0 Å². The van der Waals surface area contributed by atoms with Crippen molar-refractivity contribution in [2.45, 2.75) is 37.6 Å². The summed E-state index contributed by atoms with van der Waals surface area (Å²) in [5.74, 6) is 0. The minimum Gasteiger partial charge on any atom is -0.394 e. The van der Waals surface area contributed by atoms with E-state index in [1.54, 1.807) is 6.92 Å². The van der Waals surface area contributed by atoms with Gasteiger partial charge in [0, 0.05) is 6.61 Å². The third-order valence-electron chi connectivity index (χ3n) is 2.18. The summed E-state index contributed by atoms with van der Waals surface area (Å²) in [4.78, 5) is 0. The summed E-state index contributed by atoms with van der Waals surface area (Å²) >= 11 is 0. The number of hydrogen-bond donors (Lipinski definition) is 4. The van der Waals surface area contributed by atoms with E-state index in [0.717, 1.165) is 0 Å². The number of aliphatic hydroxyl groups is 4. The molecule has 0 spiro atoms. The molecule has 1 aliphatic rings. The highest BCUT2D eigenvalue weighted by Gasteiger charge is 2.43. The molecular weight excluding hydrogens is 192 g/mol. The van der Waals surface area contributed by atoms with Crippen molar-refractivity contribution in [3.63, 3.8) is 0 Å². The van der Waals surface area contributed by atoms with Gasteiger partial charge in [-0.2, -0.15) is 0 Å². The molecule has 6 heteroatoms. The Bertz CT molecular complexity index is 171. The monoisotopic (exact) mass is 208 g/mol. The molecule has 0 amide bonds. The first-order chi connectivity index (χ1) is 6.61.